The summed E-state index contributed by atoms with van der Waals surface area (Å²) < 4.78 is 25.7. The minimum absolute atomic E-state index is 0.266. The Kier molecular flexibility index (Phi) is 7.32. The van der Waals surface area contributed by atoms with Crippen LogP contribution in [0.5, 0.6) is 0 Å². The van der Waals surface area contributed by atoms with Crippen molar-refractivity contribution in [2.45, 2.75) is 0 Å². The minimum atomic E-state index is -0.629. The highest BCUT2D eigenvalue weighted by molar-refractivity contribution is 5.72. The van der Waals surface area contributed by atoms with Crippen LogP contribution >= 0.6 is 0 Å². The number of nitrogen functional groups attached to an aromatic ring is 1. The number of para-hydroxylation sites is 2. The van der Waals surface area contributed by atoms with E-state index in [1.807, 2.05) is 36.4 Å². The standard InChI is InChI=1S/C12H9FN2O2.C12H11FN2/c13-9-6-7-11(12(8-9)15(16)17)14-10-4-2-1-3-5-10;13-9-6-7-12(11(14)8-9)15-10-4-2-1-3-5-10/h1-8,14H;1-8,15H,14H2. The number of nitrogens with one attached hydrogen (secondary N) is 2. The van der Waals surface area contributed by atoms with E-state index >= 15 is 0 Å². The summed E-state index contributed by atoms with van der Waals surface area (Å²) >= 11 is 0. The van der Waals surface area contributed by atoms with Crippen molar-refractivity contribution in [1.82, 2.24) is 0 Å². The lowest BCUT2D eigenvalue weighted by Crippen LogP contribution is -1.97. The zero-order valence-electron chi connectivity index (χ0n) is 16.8. The summed E-state index contributed by atoms with van der Waals surface area (Å²) in [4.78, 5) is 10.1. The maximum atomic E-state index is 12.9. The number of halogens is 2. The number of nitro benzene ring substituents is 1. The Morgan fingerprint density at radius 2 is 1.16 bits per heavy atom. The van der Waals surface area contributed by atoms with E-state index < -0.39 is 10.7 Å². The molecule has 0 aromatic heterocycles. The summed E-state index contributed by atoms with van der Waals surface area (Å²) in [6.07, 6.45) is 0. The average molecular weight is 434 g/mol. The molecule has 4 rings (SSSR count). The maximum Gasteiger partial charge on any atom is 0.295 e. The predicted molar refractivity (Wildman–Crippen MR) is 123 cm³/mol. The number of hydrogen-bond acceptors (Lipinski definition) is 5. The van der Waals surface area contributed by atoms with Gasteiger partial charge in [-0.1, -0.05) is 36.4 Å². The van der Waals surface area contributed by atoms with E-state index in [0.717, 1.165) is 11.8 Å². The van der Waals surface area contributed by atoms with E-state index in [1.165, 1.54) is 24.3 Å². The molecule has 8 heteroatoms. The summed E-state index contributed by atoms with van der Waals surface area (Å²) in [5.41, 5.74) is 8.40. The SMILES string of the molecule is Nc1cc(F)ccc1Nc1ccccc1.O=[N+]([O-])c1cc(F)ccc1Nc1ccccc1. The Balaban J connectivity index is 0.000000182. The van der Waals surface area contributed by atoms with Gasteiger partial charge in [-0.2, -0.15) is 0 Å². The molecule has 0 bridgehead atoms. The van der Waals surface area contributed by atoms with Gasteiger partial charge in [0.2, 0.25) is 0 Å². The van der Waals surface area contributed by atoms with Crippen LogP contribution in [0.3, 0.4) is 0 Å². The fraction of sp³-hybridized carbons (Fsp3) is 0. The van der Waals surface area contributed by atoms with E-state index in [-0.39, 0.29) is 17.2 Å². The zero-order valence-corrected chi connectivity index (χ0v) is 16.8. The van der Waals surface area contributed by atoms with Crippen LogP contribution < -0.4 is 16.4 Å². The first-order valence-electron chi connectivity index (χ1n) is 9.55. The number of rotatable bonds is 5. The van der Waals surface area contributed by atoms with Gasteiger partial charge in [0, 0.05) is 11.4 Å². The van der Waals surface area contributed by atoms with Crippen LogP contribution in [0.1, 0.15) is 0 Å². The van der Waals surface area contributed by atoms with E-state index in [0.29, 0.717) is 17.1 Å². The van der Waals surface area contributed by atoms with Gasteiger partial charge in [-0.05, 0) is 54.6 Å². The molecule has 0 aliphatic heterocycles. The second-order valence-electron chi connectivity index (χ2n) is 6.63. The highest BCUT2D eigenvalue weighted by Gasteiger charge is 2.14. The van der Waals surface area contributed by atoms with Gasteiger partial charge in [0.1, 0.15) is 17.3 Å². The molecule has 162 valence electrons. The number of benzene rings is 4. The molecule has 0 amide bonds. The molecule has 0 unspecified atom stereocenters. The first-order chi connectivity index (χ1) is 15.4. The molecule has 0 radical (unpaired) electrons. The van der Waals surface area contributed by atoms with Crippen molar-refractivity contribution in [2.24, 2.45) is 0 Å². The second kappa shape index (κ2) is 10.5. The molecule has 0 aliphatic carbocycles. The smallest absolute Gasteiger partial charge is 0.295 e. The maximum absolute atomic E-state index is 12.9. The average Bonchev–Trinajstić information content (AvgIpc) is 2.79. The van der Waals surface area contributed by atoms with Crippen molar-refractivity contribution in [3.05, 3.63) is 119 Å². The highest BCUT2D eigenvalue weighted by Crippen LogP contribution is 2.28. The number of nitro groups is 1. The first-order valence-corrected chi connectivity index (χ1v) is 9.55. The Labute approximate surface area is 183 Å². The van der Waals surface area contributed by atoms with Gasteiger partial charge in [-0.25, -0.2) is 8.78 Å². The Bertz CT molecular complexity index is 1190. The van der Waals surface area contributed by atoms with Crippen LogP contribution in [0.25, 0.3) is 0 Å². The van der Waals surface area contributed by atoms with Crippen molar-refractivity contribution < 1.29 is 13.7 Å². The summed E-state index contributed by atoms with van der Waals surface area (Å²) in [5, 5.41) is 16.7. The summed E-state index contributed by atoms with van der Waals surface area (Å²) in [6, 6.07) is 26.3. The van der Waals surface area contributed by atoms with E-state index in [1.54, 1.807) is 30.3 Å². The van der Waals surface area contributed by atoms with Crippen molar-refractivity contribution >= 4 is 34.1 Å². The molecule has 0 fully saturated rings. The number of nitrogens with zero attached hydrogens (tertiary/aromatic N) is 1. The predicted octanol–water partition coefficient (Wildman–Crippen LogP) is 6.63. The van der Waals surface area contributed by atoms with Crippen molar-refractivity contribution in [2.75, 3.05) is 16.4 Å². The molecular weight excluding hydrogens is 414 g/mol. The molecular formula is C24H20F2N4O2. The van der Waals surface area contributed by atoms with Crippen LogP contribution in [0.2, 0.25) is 0 Å². The Morgan fingerprint density at radius 1 is 0.688 bits per heavy atom. The van der Waals surface area contributed by atoms with Gasteiger partial charge in [0.05, 0.1) is 22.4 Å². The monoisotopic (exact) mass is 434 g/mol. The molecule has 6 nitrogen and oxygen atoms in total. The van der Waals surface area contributed by atoms with Gasteiger partial charge < -0.3 is 16.4 Å². The normalized spacial score (nSPS) is 9.94. The molecule has 4 N–H and O–H groups in total. The second-order valence-corrected chi connectivity index (χ2v) is 6.63. The van der Waals surface area contributed by atoms with Gasteiger partial charge in [0.25, 0.3) is 5.69 Å². The molecule has 0 saturated carbocycles. The van der Waals surface area contributed by atoms with Crippen LogP contribution in [-0.4, -0.2) is 4.92 Å². The topological polar surface area (TPSA) is 93.2 Å². The summed E-state index contributed by atoms with van der Waals surface area (Å²) in [6.45, 7) is 0. The Hall–Kier alpha value is -4.46. The number of anilines is 5. The Morgan fingerprint density at radius 3 is 1.66 bits per heavy atom. The lowest BCUT2D eigenvalue weighted by atomic mass is 10.2. The van der Waals surface area contributed by atoms with E-state index in [2.05, 4.69) is 10.6 Å². The zero-order chi connectivity index (χ0) is 22.9. The van der Waals surface area contributed by atoms with Gasteiger partial charge in [0.15, 0.2) is 0 Å². The summed E-state index contributed by atoms with van der Waals surface area (Å²) in [5.74, 6) is -0.957. The number of nitrogens with two attached hydrogens (primary N) is 1. The van der Waals surface area contributed by atoms with Gasteiger partial charge >= 0.3 is 0 Å². The quantitative estimate of drug-likeness (QED) is 0.186. The molecule has 0 saturated heterocycles. The van der Waals surface area contributed by atoms with Crippen LogP contribution in [0.4, 0.5) is 42.9 Å². The third-order valence-electron chi connectivity index (χ3n) is 4.28. The molecule has 0 aliphatic rings. The lowest BCUT2D eigenvalue weighted by Gasteiger charge is -2.08. The van der Waals surface area contributed by atoms with Crippen LogP contribution in [-0.2, 0) is 0 Å². The first kappa shape index (κ1) is 22.2. The van der Waals surface area contributed by atoms with Crippen LogP contribution in [0.15, 0.2) is 97.1 Å². The number of hydrogen-bond donors (Lipinski definition) is 3. The molecule has 0 atom stereocenters. The molecule has 4 aromatic rings. The molecule has 4 aromatic carbocycles. The van der Waals surface area contributed by atoms with Gasteiger partial charge in [-0.3, -0.25) is 10.1 Å². The van der Waals surface area contributed by atoms with Gasteiger partial charge in [-0.15, -0.1) is 0 Å². The van der Waals surface area contributed by atoms with E-state index in [4.69, 9.17) is 5.73 Å². The van der Waals surface area contributed by atoms with Crippen molar-refractivity contribution in [3.8, 4) is 0 Å². The highest BCUT2D eigenvalue weighted by atomic mass is 19.1. The third-order valence-corrected chi connectivity index (χ3v) is 4.28. The molecule has 0 heterocycles. The fourth-order valence-corrected chi connectivity index (χ4v) is 2.76. The fourth-order valence-electron chi connectivity index (χ4n) is 2.76. The van der Waals surface area contributed by atoms with Crippen molar-refractivity contribution in [3.63, 3.8) is 0 Å². The van der Waals surface area contributed by atoms with E-state index in [9.17, 15) is 18.9 Å². The van der Waals surface area contributed by atoms with Crippen LogP contribution in [0, 0.1) is 21.7 Å². The molecule has 32 heavy (non-hydrogen) atoms. The largest absolute Gasteiger partial charge is 0.397 e. The minimum Gasteiger partial charge on any atom is -0.397 e. The lowest BCUT2D eigenvalue weighted by molar-refractivity contribution is -0.384. The van der Waals surface area contributed by atoms with Crippen molar-refractivity contribution in [1.29, 1.82) is 0 Å². The third kappa shape index (κ3) is 6.27. The molecule has 0 spiro atoms. The summed E-state index contributed by atoms with van der Waals surface area (Å²) in [7, 11) is 0.